The summed E-state index contributed by atoms with van der Waals surface area (Å²) in [7, 11) is 0. The Bertz CT molecular complexity index is 1570. The number of benzene rings is 4. The van der Waals surface area contributed by atoms with Gasteiger partial charge in [-0.25, -0.2) is 0 Å². The maximum atomic E-state index is 9.85. The van der Waals surface area contributed by atoms with Crippen LogP contribution in [0.15, 0.2) is 114 Å². The van der Waals surface area contributed by atoms with Crippen molar-refractivity contribution in [2.75, 3.05) is 31.1 Å². The van der Waals surface area contributed by atoms with E-state index < -0.39 is 0 Å². The normalized spacial score (nSPS) is 13.7. The first-order chi connectivity index (χ1) is 20.2. The molecule has 6 nitrogen and oxygen atoms in total. The summed E-state index contributed by atoms with van der Waals surface area (Å²) >= 11 is 5.96. The fourth-order valence-corrected chi connectivity index (χ4v) is 5.36. The highest BCUT2D eigenvalue weighted by atomic mass is 35.5. The van der Waals surface area contributed by atoms with E-state index in [0.717, 1.165) is 43.1 Å². The largest absolute Gasteiger partial charge is 0.489 e. The molecule has 0 spiro atoms. The minimum absolute atomic E-state index is 0.167. The van der Waals surface area contributed by atoms with Crippen molar-refractivity contribution in [2.45, 2.75) is 12.6 Å². The van der Waals surface area contributed by atoms with Gasteiger partial charge in [0.2, 0.25) is 17.5 Å². The Kier molecular flexibility index (Phi) is 7.99. The van der Waals surface area contributed by atoms with Gasteiger partial charge in [-0.1, -0.05) is 84.4 Å². The number of halogens is 1. The second-order valence-corrected chi connectivity index (χ2v) is 10.4. The lowest BCUT2D eigenvalue weighted by Crippen LogP contribution is -2.48. The molecule has 1 aliphatic rings. The van der Waals surface area contributed by atoms with Crippen molar-refractivity contribution >= 4 is 17.5 Å². The van der Waals surface area contributed by atoms with Gasteiger partial charge in [0.05, 0.1) is 6.04 Å². The van der Waals surface area contributed by atoms with Gasteiger partial charge in [0.25, 0.3) is 0 Å². The fourth-order valence-electron chi connectivity index (χ4n) is 5.23. The van der Waals surface area contributed by atoms with Gasteiger partial charge >= 0.3 is 0 Å². The number of hydrogen-bond acceptors (Lipinski definition) is 6. The van der Waals surface area contributed by atoms with Gasteiger partial charge < -0.3 is 14.1 Å². The monoisotopic (exact) mass is 560 g/mol. The summed E-state index contributed by atoms with van der Waals surface area (Å²) in [5, 5.41) is 10.5. The molecule has 4 aromatic carbocycles. The zero-order valence-corrected chi connectivity index (χ0v) is 23.2. The Morgan fingerprint density at radius 1 is 0.805 bits per heavy atom. The van der Waals surface area contributed by atoms with Gasteiger partial charge in [0.1, 0.15) is 18.4 Å². The molecule has 204 valence electrons. The van der Waals surface area contributed by atoms with Crippen molar-refractivity contribution in [3.05, 3.63) is 137 Å². The lowest BCUT2D eigenvalue weighted by molar-refractivity contribution is 0.209. The predicted molar refractivity (Wildman–Crippen MR) is 161 cm³/mol. The summed E-state index contributed by atoms with van der Waals surface area (Å²) < 4.78 is 12.1. The second kappa shape index (κ2) is 12.3. The van der Waals surface area contributed by atoms with Crippen LogP contribution in [0.5, 0.6) is 5.75 Å². The zero-order chi connectivity index (χ0) is 28.0. The van der Waals surface area contributed by atoms with Crippen LogP contribution >= 0.6 is 11.6 Å². The minimum atomic E-state index is 0.167. The number of rotatable bonds is 8. The average molecular weight is 561 g/mol. The third-order valence-corrected chi connectivity index (χ3v) is 7.58. The Balaban J connectivity index is 1.14. The van der Waals surface area contributed by atoms with Crippen LogP contribution in [0.3, 0.4) is 0 Å². The van der Waals surface area contributed by atoms with Crippen LogP contribution in [0.2, 0.25) is 5.02 Å². The highest BCUT2D eigenvalue weighted by molar-refractivity contribution is 6.30. The van der Waals surface area contributed by atoms with Crippen molar-refractivity contribution in [3.8, 4) is 23.3 Å². The smallest absolute Gasteiger partial charge is 0.235 e. The van der Waals surface area contributed by atoms with E-state index in [9.17, 15) is 5.26 Å². The molecule has 0 atom stereocenters. The van der Waals surface area contributed by atoms with E-state index >= 15 is 0 Å². The Hall–Kier alpha value is -4.57. The topological polar surface area (TPSA) is 65.5 Å². The molecule has 0 radical (unpaired) electrons. The minimum Gasteiger partial charge on any atom is -0.489 e. The quantitative estimate of drug-likeness (QED) is 0.197. The lowest BCUT2D eigenvalue weighted by Gasteiger charge is -2.39. The highest BCUT2D eigenvalue weighted by Crippen LogP contribution is 2.33. The molecule has 0 amide bonds. The third kappa shape index (κ3) is 6.12. The number of nitriles is 1. The van der Waals surface area contributed by atoms with E-state index in [0.29, 0.717) is 29.1 Å². The molecule has 1 aromatic heterocycles. The van der Waals surface area contributed by atoms with Crippen molar-refractivity contribution in [2.24, 2.45) is 0 Å². The van der Waals surface area contributed by atoms with Crippen LogP contribution in [0.25, 0.3) is 11.5 Å². The summed E-state index contributed by atoms with van der Waals surface area (Å²) in [5.74, 6) is 1.69. The SMILES string of the molecule is N#Cc1nc(-c2ccc(OCc3ccc(Cl)cc3)cc2)oc1N1CCN(C(c2ccccc2)c2ccccc2)CC1. The molecule has 2 heterocycles. The number of piperazine rings is 1. The molecule has 0 bridgehead atoms. The maximum absolute atomic E-state index is 9.85. The Morgan fingerprint density at radius 2 is 1.41 bits per heavy atom. The van der Waals surface area contributed by atoms with Crippen LogP contribution < -0.4 is 9.64 Å². The van der Waals surface area contributed by atoms with Gasteiger partial charge in [0, 0.05) is 36.8 Å². The molecule has 0 unspecified atom stereocenters. The number of hydrogen-bond donors (Lipinski definition) is 0. The van der Waals surface area contributed by atoms with E-state index in [-0.39, 0.29) is 6.04 Å². The molecular weight excluding hydrogens is 532 g/mol. The molecule has 41 heavy (non-hydrogen) atoms. The van der Waals surface area contributed by atoms with E-state index in [1.54, 1.807) is 0 Å². The number of ether oxygens (including phenoxy) is 1. The molecule has 1 saturated heterocycles. The van der Waals surface area contributed by atoms with Gasteiger partial charge in [-0.2, -0.15) is 10.2 Å². The summed E-state index contributed by atoms with van der Waals surface area (Å²) in [4.78, 5) is 9.14. The van der Waals surface area contributed by atoms with Gasteiger partial charge in [0.15, 0.2) is 0 Å². The summed E-state index contributed by atoms with van der Waals surface area (Å²) in [5.41, 5.74) is 4.67. The second-order valence-electron chi connectivity index (χ2n) is 9.97. The van der Waals surface area contributed by atoms with Gasteiger partial charge in [-0.3, -0.25) is 4.90 Å². The van der Waals surface area contributed by atoms with Crippen molar-refractivity contribution < 1.29 is 9.15 Å². The first-order valence-electron chi connectivity index (χ1n) is 13.7. The lowest BCUT2D eigenvalue weighted by atomic mass is 9.96. The van der Waals surface area contributed by atoms with E-state index in [2.05, 4.69) is 81.5 Å². The van der Waals surface area contributed by atoms with Gasteiger partial charge in [-0.05, 0) is 53.1 Å². The molecule has 1 fully saturated rings. The number of anilines is 1. The van der Waals surface area contributed by atoms with Crippen molar-refractivity contribution in [1.82, 2.24) is 9.88 Å². The number of nitrogens with zero attached hydrogens (tertiary/aromatic N) is 4. The van der Waals surface area contributed by atoms with Gasteiger partial charge in [-0.15, -0.1) is 0 Å². The highest BCUT2D eigenvalue weighted by Gasteiger charge is 2.29. The van der Waals surface area contributed by atoms with E-state index in [1.165, 1.54) is 11.1 Å². The third-order valence-electron chi connectivity index (χ3n) is 7.33. The standard InChI is InChI=1S/C34H29ClN4O2/c35-29-15-11-25(12-16-29)24-40-30-17-13-28(14-18-30)33-37-31(23-36)34(41-33)39-21-19-38(20-22-39)32(26-7-3-1-4-8-26)27-9-5-2-6-10-27/h1-18,32H,19-22,24H2. The van der Waals surface area contributed by atoms with E-state index in [4.69, 9.17) is 20.8 Å². The predicted octanol–water partition coefficient (Wildman–Crippen LogP) is 7.36. The molecule has 5 aromatic rings. The Morgan fingerprint density at radius 3 is 2.00 bits per heavy atom. The number of aromatic nitrogens is 1. The molecule has 7 heteroatoms. The van der Waals surface area contributed by atoms with E-state index in [1.807, 2.05) is 48.5 Å². The molecule has 6 rings (SSSR count). The van der Waals surface area contributed by atoms with Crippen LogP contribution in [0.1, 0.15) is 28.4 Å². The van der Waals surface area contributed by atoms with Crippen molar-refractivity contribution in [3.63, 3.8) is 0 Å². The van der Waals surface area contributed by atoms with Crippen LogP contribution in [-0.4, -0.2) is 36.1 Å². The molecule has 0 N–H and O–H groups in total. The van der Waals surface area contributed by atoms with Crippen LogP contribution in [-0.2, 0) is 6.61 Å². The summed E-state index contributed by atoms with van der Waals surface area (Å²) in [6.07, 6.45) is 0. The number of oxazole rings is 1. The first-order valence-corrected chi connectivity index (χ1v) is 14.0. The fraction of sp³-hybridized carbons (Fsp3) is 0.176. The van der Waals surface area contributed by atoms with Crippen LogP contribution in [0.4, 0.5) is 5.88 Å². The summed E-state index contributed by atoms with van der Waals surface area (Å²) in [6, 6.07) is 38.8. The van der Waals surface area contributed by atoms with Crippen molar-refractivity contribution in [1.29, 1.82) is 5.26 Å². The molecule has 0 saturated carbocycles. The zero-order valence-electron chi connectivity index (χ0n) is 22.5. The molecular formula is C34H29ClN4O2. The Labute approximate surface area is 245 Å². The maximum Gasteiger partial charge on any atom is 0.235 e. The average Bonchev–Trinajstić information content (AvgIpc) is 3.47. The first kappa shape index (κ1) is 26.6. The molecule has 1 aliphatic heterocycles. The van der Waals surface area contributed by atoms with Crippen LogP contribution in [0, 0.1) is 11.3 Å². The molecule has 0 aliphatic carbocycles. The summed E-state index contributed by atoms with van der Waals surface area (Å²) in [6.45, 7) is 3.57.